The van der Waals surface area contributed by atoms with Crippen molar-refractivity contribution in [2.45, 2.75) is 12.8 Å². The van der Waals surface area contributed by atoms with Crippen LogP contribution in [0.2, 0.25) is 0 Å². The highest BCUT2D eigenvalue weighted by Gasteiger charge is 2.22. The predicted octanol–water partition coefficient (Wildman–Crippen LogP) is 2.75. The van der Waals surface area contributed by atoms with Crippen molar-refractivity contribution in [3.05, 3.63) is 36.4 Å². The Kier molecular flexibility index (Phi) is 7.14. The molecular formula is C26H28N6O8. The van der Waals surface area contributed by atoms with Crippen LogP contribution >= 0.6 is 0 Å². The average molecular weight is 553 g/mol. The monoisotopic (exact) mass is 552 g/mol. The van der Waals surface area contributed by atoms with E-state index in [9.17, 15) is 9.90 Å². The number of hydrogen-bond acceptors (Lipinski definition) is 11. The van der Waals surface area contributed by atoms with Crippen LogP contribution in [0.25, 0.3) is 22.3 Å². The largest absolute Gasteiger partial charge is 0.492 e. The number of aliphatic carboxylic acids is 1. The molecule has 0 atom stereocenters. The average Bonchev–Trinajstić information content (AvgIpc) is 3.69. The fourth-order valence-electron chi connectivity index (χ4n) is 4.18. The number of nitrogen functional groups attached to an aromatic ring is 2. The van der Waals surface area contributed by atoms with E-state index in [0.29, 0.717) is 58.1 Å². The van der Waals surface area contributed by atoms with E-state index in [1.54, 1.807) is 38.4 Å². The lowest BCUT2D eigenvalue weighted by Crippen LogP contribution is -2.03. The summed E-state index contributed by atoms with van der Waals surface area (Å²) in [6, 6.07) is 10.8. The number of hydrogen-bond donors (Lipinski definition) is 4. The molecule has 0 spiro atoms. The van der Waals surface area contributed by atoms with Gasteiger partial charge in [0.15, 0.2) is 23.0 Å². The van der Waals surface area contributed by atoms with Crippen molar-refractivity contribution in [3.63, 3.8) is 0 Å². The standard InChI is InChI=1S/C15H17N3O5.C11H11N3O3/c1-18-14(16)13(15(17-18)21-6-2-3-12(19)20)9-4-5-10-11(7-9)23-8-22-10;1-14-10(12)9(11(15)13-14)6-2-3-7-8(4-6)17-5-16-7/h4-5,7H,2-3,6,8,16H2,1H3,(H,19,20);2-4H,5,12H2,1H3,(H,13,15). The van der Waals surface area contributed by atoms with Gasteiger partial charge in [-0.05, 0) is 41.8 Å². The molecule has 0 fully saturated rings. The molecule has 2 aliphatic rings. The number of anilines is 2. The molecule has 6 N–H and O–H groups in total. The number of ether oxygens (including phenoxy) is 5. The second-order valence-electron chi connectivity index (χ2n) is 8.88. The maximum Gasteiger partial charge on any atom is 0.303 e. The summed E-state index contributed by atoms with van der Waals surface area (Å²) in [6.45, 7) is 0.660. The number of fused-ring (bicyclic) bond motifs is 2. The Labute approximate surface area is 228 Å². The third-order valence-corrected chi connectivity index (χ3v) is 6.23. The lowest BCUT2D eigenvalue weighted by molar-refractivity contribution is -0.137. The van der Waals surface area contributed by atoms with Gasteiger partial charge in [0.25, 0.3) is 0 Å². The normalized spacial score (nSPS) is 12.7. The first kappa shape index (κ1) is 26.3. The van der Waals surface area contributed by atoms with E-state index >= 15 is 0 Å². The van der Waals surface area contributed by atoms with Gasteiger partial charge in [0.1, 0.15) is 11.6 Å². The molecule has 0 saturated carbocycles. The molecule has 210 valence electrons. The van der Waals surface area contributed by atoms with E-state index in [1.807, 2.05) is 12.1 Å². The van der Waals surface area contributed by atoms with Crippen molar-refractivity contribution >= 4 is 17.6 Å². The van der Waals surface area contributed by atoms with Crippen LogP contribution in [0.4, 0.5) is 11.6 Å². The Morgan fingerprint density at radius 2 is 1.40 bits per heavy atom. The summed E-state index contributed by atoms with van der Waals surface area (Å²) >= 11 is 0. The number of rotatable bonds is 7. The van der Waals surface area contributed by atoms with Gasteiger partial charge in [-0.2, -0.15) is 0 Å². The zero-order valence-electron chi connectivity index (χ0n) is 21.8. The molecule has 2 aromatic carbocycles. The van der Waals surface area contributed by atoms with E-state index in [4.69, 9.17) is 40.3 Å². The molecular weight excluding hydrogens is 524 g/mol. The molecule has 4 aromatic rings. The highest BCUT2D eigenvalue weighted by Crippen LogP contribution is 2.42. The number of aromatic nitrogens is 4. The minimum absolute atomic E-state index is 0.0433. The van der Waals surface area contributed by atoms with Crippen molar-refractivity contribution in [2.24, 2.45) is 14.1 Å². The number of carboxylic acids is 1. The molecule has 2 aromatic heterocycles. The summed E-state index contributed by atoms with van der Waals surface area (Å²) in [5.74, 6) is 2.94. The fourth-order valence-corrected chi connectivity index (χ4v) is 4.18. The Hall–Kier alpha value is -5.27. The Morgan fingerprint density at radius 3 is 1.95 bits per heavy atom. The van der Waals surface area contributed by atoms with Crippen molar-refractivity contribution in [3.8, 4) is 57.0 Å². The van der Waals surface area contributed by atoms with Crippen LogP contribution in [-0.2, 0) is 18.9 Å². The highest BCUT2D eigenvalue weighted by atomic mass is 16.7. The second kappa shape index (κ2) is 10.8. The smallest absolute Gasteiger partial charge is 0.303 e. The van der Waals surface area contributed by atoms with Gasteiger partial charge in [0.2, 0.25) is 25.3 Å². The zero-order valence-corrected chi connectivity index (χ0v) is 21.8. The third kappa shape index (κ3) is 5.18. The molecule has 0 radical (unpaired) electrons. The first-order valence-corrected chi connectivity index (χ1v) is 12.2. The quantitative estimate of drug-likeness (QED) is 0.246. The maximum absolute atomic E-state index is 10.5. The first-order valence-electron chi connectivity index (χ1n) is 12.2. The molecule has 0 aliphatic carbocycles. The molecule has 0 unspecified atom stereocenters. The SMILES string of the molecule is Cn1nc(O)c(-c2ccc3c(c2)OCO3)c1N.Cn1nc(OCCCC(=O)O)c(-c2ccc3c(c2)OCO3)c1N. The Bertz CT molecular complexity index is 1560. The van der Waals surface area contributed by atoms with Gasteiger partial charge in [-0.1, -0.05) is 12.1 Å². The molecule has 40 heavy (non-hydrogen) atoms. The van der Waals surface area contributed by atoms with E-state index in [0.717, 1.165) is 11.1 Å². The van der Waals surface area contributed by atoms with Gasteiger partial charge in [-0.3, -0.25) is 4.79 Å². The lowest BCUT2D eigenvalue weighted by Gasteiger charge is -2.07. The van der Waals surface area contributed by atoms with E-state index in [-0.39, 0.29) is 32.5 Å². The van der Waals surface area contributed by atoms with Gasteiger partial charge in [-0.15, -0.1) is 10.2 Å². The number of carbonyl (C=O) groups is 1. The van der Waals surface area contributed by atoms with E-state index < -0.39 is 5.97 Å². The van der Waals surface area contributed by atoms with Gasteiger partial charge in [-0.25, -0.2) is 9.36 Å². The molecule has 0 amide bonds. The van der Waals surface area contributed by atoms with Crippen LogP contribution in [0.3, 0.4) is 0 Å². The molecule has 4 heterocycles. The molecule has 14 nitrogen and oxygen atoms in total. The number of nitrogens with zero attached hydrogens (tertiary/aromatic N) is 4. The molecule has 0 saturated heterocycles. The van der Waals surface area contributed by atoms with Crippen LogP contribution in [0, 0.1) is 0 Å². The summed E-state index contributed by atoms with van der Waals surface area (Å²) in [4.78, 5) is 10.5. The molecule has 2 aliphatic heterocycles. The van der Waals surface area contributed by atoms with Gasteiger partial charge in [0, 0.05) is 20.5 Å². The van der Waals surface area contributed by atoms with Gasteiger partial charge in [0.05, 0.1) is 17.7 Å². The second-order valence-corrected chi connectivity index (χ2v) is 8.88. The van der Waals surface area contributed by atoms with E-state index in [1.165, 1.54) is 9.36 Å². The van der Waals surface area contributed by atoms with Crippen LogP contribution in [0.5, 0.6) is 34.8 Å². The summed E-state index contributed by atoms with van der Waals surface area (Å²) < 4.78 is 29.7. The maximum atomic E-state index is 10.5. The van der Waals surface area contributed by atoms with Gasteiger partial charge < -0.3 is 45.4 Å². The summed E-state index contributed by atoms with van der Waals surface area (Å²) in [6.07, 6.45) is 0.439. The number of aryl methyl sites for hydroxylation is 2. The Balaban J connectivity index is 0.000000168. The number of nitrogens with two attached hydrogens (primary N) is 2. The van der Waals surface area contributed by atoms with Crippen molar-refractivity contribution in [2.75, 3.05) is 31.7 Å². The summed E-state index contributed by atoms with van der Waals surface area (Å²) in [7, 11) is 3.39. The summed E-state index contributed by atoms with van der Waals surface area (Å²) in [5, 5.41) is 26.5. The molecule has 14 heteroatoms. The lowest BCUT2D eigenvalue weighted by atomic mass is 10.1. The minimum atomic E-state index is -0.856. The van der Waals surface area contributed by atoms with Crippen LogP contribution in [0.1, 0.15) is 12.8 Å². The third-order valence-electron chi connectivity index (χ3n) is 6.23. The number of benzene rings is 2. The molecule has 0 bridgehead atoms. The topological polar surface area (TPSA) is 191 Å². The summed E-state index contributed by atoms with van der Waals surface area (Å²) in [5.41, 5.74) is 14.6. The molecule has 6 rings (SSSR count). The Morgan fingerprint density at radius 1 is 0.875 bits per heavy atom. The van der Waals surface area contributed by atoms with Gasteiger partial charge >= 0.3 is 5.97 Å². The van der Waals surface area contributed by atoms with Crippen LogP contribution in [0.15, 0.2) is 36.4 Å². The number of carboxylic acid groups (broad SMARTS) is 1. The highest BCUT2D eigenvalue weighted by molar-refractivity contribution is 5.81. The first-order chi connectivity index (χ1) is 19.2. The van der Waals surface area contributed by atoms with E-state index in [2.05, 4.69) is 10.2 Å². The fraction of sp³-hybridized carbons (Fsp3) is 0.269. The van der Waals surface area contributed by atoms with Crippen LogP contribution in [-0.4, -0.2) is 55.9 Å². The predicted molar refractivity (Wildman–Crippen MR) is 142 cm³/mol. The van der Waals surface area contributed by atoms with Crippen molar-refractivity contribution in [1.29, 1.82) is 0 Å². The van der Waals surface area contributed by atoms with Crippen molar-refractivity contribution < 1.29 is 38.7 Å². The number of aromatic hydroxyl groups is 1. The minimum Gasteiger partial charge on any atom is -0.492 e. The van der Waals surface area contributed by atoms with Crippen molar-refractivity contribution in [1.82, 2.24) is 19.6 Å². The zero-order chi connectivity index (χ0) is 28.4. The van der Waals surface area contributed by atoms with Crippen LogP contribution < -0.4 is 35.2 Å².